The van der Waals surface area contributed by atoms with Gasteiger partial charge in [-0.05, 0) is 24.6 Å². The molecule has 2 N–H and O–H groups in total. The van der Waals surface area contributed by atoms with Crippen LogP contribution in [0, 0.1) is 6.92 Å². The summed E-state index contributed by atoms with van der Waals surface area (Å²) in [6.07, 6.45) is 0. The van der Waals surface area contributed by atoms with Gasteiger partial charge < -0.3 is 14.9 Å². The van der Waals surface area contributed by atoms with Gasteiger partial charge in [0.05, 0.1) is 12.7 Å². The van der Waals surface area contributed by atoms with E-state index in [9.17, 15) is 9.59 Å². The van der Waals surface area contributed by atoms with Crippen LogP contribution in [0.4, 0.5) is 0 Å². The number of methoxy groups -OCH3 is 1. The molecule has 0 aliphatic carbocycles. The van der Waals surface area contributed by atoms with E-state index in [-0.39, 0.29) is 16.9 Å². The molecule has 1 aromatic rings. The fourth-order valence-corrected chi connectivity index (χ4v) is 1.31. The molecular formula is C10H10O5. The first-order chi connectivity index (χ1) is 6.97. The van der Waals surface area contributed by atoms with Crippen molar-refractivity contribution in [3.05, 3.63) is 28.8 Å². The molecule has 5 heteroatoms. The topological polar surface area (TPSA) is 83.8 Å². The van der Waals surface area contributed by atoms with Crippen LogP contribution in [0.1, 0.15) is 26.3 Å². The normalized spacial score (nSPS) is 9.73. The molecule has 5 nitrogen and oxygen atoms in total. The molecule has 0 aromatic heterocycles. The Morgan fingerprint density at radius 1 is 1.20 bits per heavy atom. The zero-order chi connectivity index (χ0) is 11.6. The molecule has 0 saturated carbocycles. The van der Waals surface area contributed by atoms with Gasteiger partial charge in [0.25, 0.3) is 0 Å². The van der Waals surface area contributed by atoms with Gasteiger partial charge in [0.1, 0.15) is 11.3 Å². The predicted molar refractivity (Wildman–Crippen MR) is 51.6 cm³/mol. The summed E-state index contributed by atoms with van der Waals surface area (Å²) in [4.78, 5) is 21.6. The first-order valence-electron chi connectivity index (χ1n) is 4.12. The highest BCUT2D eigenvalue weighted by atomic mass is 16.5. The molecule has 80 valence electrons. The van der Waals surface area contributed by atoms with Gasteiger partial charge in [-0.25, -0.2) is 9.59 Å². The number of hydrogen-bond acceptors (Lipinski definition) is 3. The molecule has 1 rings (SSSR count). The van der Waals surface area contributed by atoms with Crippen LogP contribution in [0.15, 0.2) is 12.1 Å². The second-order valence-electron chi connectivity index (χ2n) is 2.98. The van der Waals surface area contributed by atoms with Crippen molar-refractivity contribution in [1.82, 2.24) is 0 Å². The second kappa shape index (κ2) is 4.00. The first-order valence-corrected chi connectivity index (χ1v) is 4.12. The van der Waals surface area contributed by atoms with Gasteiger partial charge in [0.15, 0.2) is 0 Å². The number of aryl methyl sites for hydroxylation is 1. The van der Waals surface area contributed by atoms with Crippen LogP contribution < -0.4 is 4.74 Å². The standard InChI is InChI=1S/C10H10O5/c1-5-3-6(9(11)12)4-7(15-2)8(5)10(13)14/h3-4H,1-2H3,(H,11,12)(H,13,14). The quantitative estimate of drug-likeness (QED) is 0.787. The number of carbonyl (C=O) groups is 2. The minimum absolute atomic E-state index is 0.00866. The van der Waals surface area contributed by atoms with Crippen LogP contribution in [0.25, 0.3) is 0 Å². The van der Waals surface area contributed by atoms with Crippen molar-refractivity contribution in [1.29, 1.82) is 0 Å². The van der Waals surface area contributed by atoms with Gasteiger partial charge >= 0.3 is 11.9 Å². The Morgan fingerprint density at radius 2 is 1.80 bits per heavy atom. The molecule has 0 spiro atoms. The zero-order valence-electron chi connectivity index (χ0n) is 8.27. The molecule has 15 heavy (non-hydrogen) atoms. The van der Waals surface area contributed by atoms with Crippen LogP contribution in [0.2, 0.25) is 0 Å². The lowest BCUT2D eigenvalue weighted by Crippen LogP contribution is -2.06. The van der Waals surface area contributed by atoms with E-state index in [4.69, 9.17) is 14.9 Å². The Hall–Kier alpha value is -2.04. The van der Waals surface area contributed by atoms with Gasteiger partial charge in [-0.15, -0.1) is 0 Å². The Labute approximate surface area is 85.9 Å². The summed E-state index contributed by atoms with van der Waals surface area (Å²) in [7, 11) is 1.30. The fourth-order valence-electron chi connectivity index (χ4n) is 1.31. The predicted octanol–water partition coefficient (Wildman–Crippen LogP) is 1.40. The smallest absolute Gasteiger partial charge is 0.339 e. The van der Waals surface area contributed by atoms with E-state index in [0.717, 1.165) is 0 Å². The fraction of sp³-hybridized carbons (Fsp3) is 0.200. The van der Waals surface area contributed by atoms with E-state index in [2.05, 4.69) is 0 Å². The first kappa shape index (κ1) is 11.0. The summed E-state index contributed by atoms with van der Waals surface area (Å²) >= 11 is 0. The Morgan fingerprint density at radius 3 is 2.20 bits per heavy atom. The molecule has 0 atom stereocenters. The second-order valence-corrected chi connectivity index (χ2v) is 2.98. The molecule has 0 aliphatic rings. The summed E-state index contributed by atoms with van der Waals surface area (Å²) < 4.78 is 4.83. The molecule has 1 aromatic carbocycles. The molecule has 0 fully saturated rings. The molecule has 0 radical (unpaired) electrons. The van der Waals surface area contributed by atoms with Crippen LogP contribution in [-0.4, -0.2) is 29.3 Å². The average molecular weight is 210 g/mol. The van der Waals surface area contributed by atoms with E-state index < -0.39 is 11.9 Å². The highest BCUT2D eigenvalue weighted by Gasteiger charge is 2.17. The van der Waals surface area contributed by atoms with E-state index in [1.165, 1.54) is 26.2 Å². The molecular weight excluding hydrogens is 200 g/mol. The maximum absolute atomic E-state index is 10.9. The summed E-state index contributed by atoms with van der Waals surface area (Å²) in [5, 5.41) is 17.6. The number of hydrogen-bond donors (Lipinski definition) is 2. The van der Waals surface area contributed by atoms with Crippen molar-refractivity contribution in [3.8, 4) is 5.75 Å². The number of carboxylic acid groups (broad SMARTS) is 2. The minimum Gasteiger partial charge on any atom is -0.496 e. The van der Waals surface area contributed by atoms with Crippen molar-refractivity contribution >= 4 is 11.9 Å². The minimum atomic E-state index is -1.14. The maximum Gasteiger partial charge on any atom is 0.339 e. The third kappa shape index (κ3) is 2.07. The van der Waals surface area contributed by atoms with Gasteiger partial charge in [0.2, 0.25) is 0 Å². The van der Waals surface area contributed by atoms with E-state index in [0.29, 0.717) is 5.56 Å². The summed E-state index contributed by atoms with van der Waals surface area (Å²) in [5.74, 6) is -2.20. The summed E-state index contributed by atoms with van der Waals surface area (Å²) in [6.45, 7) is 1.53. The monoisotopic (exact) mass is 210 g/mol. The largest absolute Gasteiger partial charge is 0.496 e. The molecule has 0 aliphatic heterocycles. The summed E-state index contributed by atoms with van der Waals surface area (Å²) in [6, 6.07) is 2.49. The molecule has 0 heterocycles. The van der Waals surface area contributed by atoms with Crippen molar-refractivity contribution in [3.63, 3.8) is 0 Å². The van der Waals surface area contributed by atoms with Crippen molar-refractivity contribution in [2.24, 2.45) is 0 Å². The Kier molecular flexibility index (Phi) is 2.94. The lowest BCUT2D eigenvalue weighted by atomic mass is 10.0. The SMILES string of the molecule is COc1cc(C(=O)O)cc(C)c1C(=O)O. The van der Waals surface area contributed by atoms with Crippen LogP contribution >= 0.6 is 0 Å². The number of rotatable bonds is 3. The van der Waals surface area contributed by atoms with Crippen LogP contribution in [-0.2, 0) is 0 Å². The van der Waals surface area contributed by atoms with Gasteiger partial charge in [0, 0.05) is 0 Å². The van der Waals surface area contributed by atoms with Crippen molar-refractivity contribution in [2.45, 2.75) is 6.92 Å². The number of ether oxygens (including phenoxy) is 1. The van der Waals surface area contributed by atoms with Gasteiger partial charge in [-0.1, -0.05) is 0 Å². The number of aromatic carboxylic acids is 2. The molecule has 0 unspecified atom stereocenters. The third-order valence-corrected chi connectivity index (χ3v) is 1.98. The van der Waals surface area contributed by atoms with Crippen LogP contribution in [0.5, 0.6) is 5.75 Å². The lowest BCUT2D eigenvalue weighted by Gasteiger charge is -2.08. The lowest BCUT2D eigenvalue weighted by molar-refractivity contribution is 0.0677. The van der Waals surface area contributed by atoms with E-state index in [1.54, 1.807) is 0 Å². The number of benzene rings is 1. The van der Waals surface area contributed by atoms with Crippen molar-refractivity contribution < 1.29 is 24.5 Å². The zero-order valence-corrected chi connectivity index (χ0v) is 8.27. The van der Waals surface area contributed by atoms with Crippen molar-refractivity contribution in [2.75, 3.05) is 7.11 Å². The maximum atomic E-state index is 10.9. The molecule has 0 bridgehead atoms. The molecule has 0 amide bonds. The van der Waals surface area contributed by atoms with Gasteiger partial charge in [-0.2, -0.15) is 0 Å². The van der Waals surface area contributed by atoms with E-state index >= 15 is 0 Å². The van der Waals surface area contributed by atoms with Crippen LogP contribution in [0.3, 0.4) is 0 Å². The van der Waals surface area contributed by atoms with Gasteiger partial charge in [-0.3, -0.25) is 0 Å². The van der Waals surface area contributed by atoms with E-state index in [1.807, 2.05) is 0 Å². The molecule has 0 saturated heterocycles. The third-order valence-electron chi connectivity index (χ3n) is 1.98. The highest BCUT2D eigenvalue weighted by Crippen LogP contribution is 2.24. The highest BCUT2D eigenvalue weighted by molar-refractivity contribution is 5.96. The Balaban J connectivity index is 3.43. The Bertz CT molecular complexity index is 422. The average Bonchev–Trinajstić information content (AvgIpc) is 2.15. The number of carboxylic acids is 2. The summed E-state index contributed by atoms with van der Waals surface area (Å²) in [5.41, 5.74) is 0.358.